The molecule has 0 bridgehead atoms. The molecular formula is C24H22FeO2. The molecule has 10 fully saturated rings. The number of hydrogen-bond acceptors (Lipinski definition) is 2. The zero-order valence-corrected chi connectivity index (χ0v) is 16.0. The molecule has 27 heavy (non-hydrogen) atoms. The number of ether oxygens (including phenoxy) is 1. The Kier molecular flexibility index (Phi) is 0.604. The molecule has 2 nitrogen and oxygen atoms in total. The molecule has 0 aliphatic carbocycles. The van der Waals surface area contributed by atoms with E-state index in [1.165, 1.54) is 44.8 Å². The Balaban J connectivity index is 0.955. The SMILES string of the molecule is OC(c1ccc(OCc2ccccc2)cc1)[C]12[CH]3[CH]4[CH]5[CH]1[Fe]45321678[CH]2[CH]1[CH]6[CH]7[CH]28. The van der Waals surface area contributed by atoms with Gasteiger partial charge in [0.15, 0.2) is 0 Å². The average molecular weight is 398 g/mol. The summed E-state index contributed by atoms with van der Waals surface area (Å²) < 4.78 is 6.50. The minimum absolute atomic E-state index is 0.130. The van der Waals surface area contributed by atoms with Gasteiger partial charge in [0.1, 0.15) is 0 Å². The molecule has 10 heterocycles. The van der Waals surface area contributed by atoms with Crippen LogP contribution in [-0.4, -0.2) is 5.11 Å². The Morgan fingerprint density at radius 2 is 1.41 bits per heavy atom. The van der Waals surface area contributed by atoms with Crippen molar-refractivity contribution in [3.05, 3.63) is 65.7 Å². The summed E-state index contributed by atoms with van der Waals surface area (Å²) in [6.45, 7) is -2.61. The maximum atomic E-state index is 11.7. The zero-order chi connectivity index (χ0) is 17.1. The third-order valence-electron chi connectivity index (χ3n) is 17.7. The Bertz CT molecular complexity index is 1430. The van der Waals surface area contributed by atoms with E-state index in [0.29, 0.717) is 10.9 Å². The van der Waals surface area contributed by atoms with Crippen LogP contribution in [0.15, 0.2) is 54.6 Å². The molecule has 0 radical (unpaired) electrons. The number of fused-ring (bicyclic) bond motifs is 10. The fourth-order valence-corrected chi connectivity index (χ4v) is 93.5. The van der Waals surface area contributed by atoms with Crippen molar-refractivity contribution in [1.29, 1.82) is 0 Å². The predicted octanol–water partition coefficient (Wildman–Crippen LogP) is 6.06. The third-order valence-corrected chi connectivity index (χ3v) is 60.3. The number of aliphatic hydroxyl groups excluding tert-OH is 1. The van der Waals surface area contributed by atoms with Crippen molar-refractivity contribution in [3.8, 4) is 5.75 Å². The van der Waals surface area contributed by atoms with Gasteiger partial charge in [-0.2, -0.15) is 0 Å². The summed E-state index contributed by atoms with van der Waals surface area (Å²) in [4.78, 5) is 11.2. The molecule has 12 rings (SSSR count). The molecule has 3 heteroatoms. The van der Waals surface area contributed by atoms with Gasteiger partial charge < -0.3 is 0 Å². The van der Waals surface area contributed by atoms with E-state index < -0.39 is 6.51 Å². The van der Waals surface area contributed by atoms with E-state index in [4.69, 9.17) is 4.74 Å². The van der Waals surface area contributed by atoms with E-state index in [0.717, 1.165) is 15.4 Å². The van der Waals surface area contributed by atoms with Crippen LogP contribution in [0.1, 0.15) is 17.2 Å². The van der Waals surface area contributed by atoms with Gasteiger partial charge in [0, 0.05) is 0 Å². The first-order valence-corrected chi connectivity index (χ1v) is 17.0. The van der Waals surface area contributed by atoms with Crippen molar-refractivity contribution in [3.63, 3.8) is 0 Å². The van der Waals surface area contributed by atoms with E-state index >= 15 is 0 Å². The predicted molar refractivity (Wildman–Crippen MR) is 98.6 cm³/mol. The van der Waals surface area contributed by atoms with Crippen LogP contribution in [-0.2, 0) is 13.1 Å². The second-order valence-electron chi connectivity index (χ2n) is 13.5. The van der Waals surface area contributed by atoms with E-state index in [9.17, 15) is 5.11 Å². The van der Waals surface area contributed by atoms with Gasteiger partial charge in [-0.3, -0.25) is 0 Å². The number of rotatable bonds is 5. The van der Waals surface area contributed by atoms with E-state index in [1.54, 1.807) is 0 Å². The van der Waals surface area contributed by atoms with Crippen molar-refractivity contribution >= 4 is 0 Å². The van der Waals surface area contributed by atoms with Crippen molar-refractivity contribution in [2.75, 3.05) is 0 Å². The van der Waals surface area contributed by atoms with Crippen LogP contribution in [0, 0.1) is 0 Å². The standard InChI is InChI=1S/C19H17O2.C5H5.Fe/c20-19(16-8-4-5-9-16)17-10-12-18(13-11-17)21-14-15-6-2-1-3-7-15;1-2-4-5-3-1;/h1-13,19-20H,14H2;1-5H;. The van der Waals surface area contributed by atoms with Crippen LogP contribution in [0.5, 0.6) is 5.75 Å². The first kappa shape index (κ1) is 11.7. The van der Waals surface area contributed by atoms with Gasteiger partial charge in [0.25, 0.3) is 0 Å². The minimum atomic E-state index is -3.22. The monoisotopic (exact) mass is 398 g/mol. The van der Waals surface area contributed by atoms with Gasteiger partial charge in [-0.25, -0.2) is 0 Å². The van der Waals surface area contributed by atoms with Gasteiger partial charge in [-0.15, -0.1) is 0 Å². The second kappa shape index (κ2) is 1.40. The first-order valence-electron chi connectivity index (χ1n) is 10.7. The Hall–Kier alpha value is -1.28. The molecular weight excluding hydrogens is 376 g/mol. The Labute approximate surface area is 148 Å². The maximum absolute atomic E-state index is 11.7. The van der Waals surface area contributed by atoms with E-state index in [-0.39, 0.29) is 6.10 Å². The van der Waals surface area contributed by atoms with Crippen LogP contribution >= 0.6 is 0 Å². The normalized spacial score (nSPS) is 80.3. The van der Waals surface area contributed by atoms with Crippen molar-refractivity contribution in [2.45, 2.75) is 60.4 Å². The second-order valence-corrected chi connectivity index (χ2v) is 37.1. The summed E-state index contributed by atoms with van der Waals surface area (Å²) in [7, 11) is 0. The topological polar surface area (TPSA) is 29.5 Å². The molecule has 10 aliphatic heterocycles. The van der Waals surface area contributed by atoms with Crippen LogP contribution in [0.25, 0.3) is 0 Å². The molecule has 10 saturated heterocycles. The molecule has 138 valence electrons. The summed E-state index contributed by atoms with van der Waals surface area (Å²) >= 11 is 0. The van der Waals surface area contributed by atoms with Crippen LogP contribution in [0.3, 0.4) is 0 Å². The molecule has 10 aliphatic rings. The Morgan fingerprint density at radius 1 is 0.815 bits per heavy atom. The van der Waals surface area contributed by atoms with Crippen LogP contribution < -0.4 is 4.74 Å². The summed E-state index contributed by atoms with van der Waals surface area (Å²) in [5.41, 5.74) is 2.40. The van der Waals surface area contributed by atoms with Crippen molar-refractivity contribution in [2.24, 2.45) is 0 Å². The van der Waals surface area contributed by atoms with Crippen molar-refractivity contribution < 1.29 is 16.4 Å². The van der Waals surface area contributed by atoms with Gasteiger partial charge in [-0.1, -0.05) is 0 Å². The van der Waals surface area contributed by atoms with Crippen molar-refractivity contribution in [1.82, 2.24) is 0 Å². The molecule has 2 aromatic carbocycles. The molecule has 1 spiro atoms. The molecule has 5 atom stereocenters. The van der Waals surface area contributed by atoms with Gasteiger partial charge >= 0.3 is 148 Å². The van der Waals surface area contributed by atoms with E-state index in [1.807, 2.05) is 6.07 Å². The molecule has 2 aromatic rings. The third kappa shape index (κ3) is 0.213. The summed E-state index contributed by atoms with van der Waals surface area (Å²) in [6, 6.07) is 18.9. The van der Waals surface area contributed by atoms with Crippen LogP contribution in [0.4, 0.5) is 0 Å². The fraction of sp³-hybridized carbons (Fsp3) is 0.500. The van der Waals surface area contributed by atoms with Gasteiger partial charge in [0.05, 0.1) is 0 Å². The first-order chi connectivity index (χ1) is 13.0. The fourth-order valence-electron chi connectivity index (χ4n) is 18.9. The van der Waals surface area contributed by atoms with E-state index in [2.05, 4.69) is 48.5 Å². The van der Waals surface area contributed by atoms with Gasteiger partial charge in [0.2, 0.25) is 0 Å². The molecule has 0 aromatic heterocycles. The Morgan fingerprint density at radius 3 is 1.89 bits per heavy atom. The number of hydrogen-bond donors (Lipinski definition) is 1. The molecule has 5 unspecified atom stereocenters. The summed E-state index contributed by atoms with van der Waals surface area (Å²) in [5.74, 6) is 0.917. The van der Waals surface area contributed by atoms with Crippen LogP contribution in [0.2, 0.25) is 47.7 Å². The summed E-state index contributed by atoms with van der Waals surface area (Å²) in [5, 5.41) is 11.7. The zero-order valence-electron chi connectivity index (χ0n) is 14.9. The molecule has 1 N–H and O–H groups in total. The quantitative estimate of drug-likeness (QED) is 0.621. The number of benzene rings is 2. The average Bonchev–Trinajstić information content (AvgIpc) is 3.66. The molecule has 0 amide bonds. The number of aliphatic hydroxyl groups is 1. The molecule has 0 saturated carbocycles. The summed E-state index contributed by atoms with van der Waals surface area (Å²) in [6.07, 6.45) is -0.130. The van der Waals surface area contributed by atoms with Gasteiger partial charge in [-0.05, 0) is 0 Å².